The molecule has 2 heteroatoms. The molecule has 8 aromatic carbocycles. The van der Waals surface area contributed by atoms with Crippen LogP contribution in [0, 0.1) is 0 Å². The number of anilines is 3. The minimum atomic E-state index is 0.875. The fourth-order valence-corrected chi connectivity index (χ4v) is 8.51. The Morgan fingerprint density at radius 3 is 1.68 bits per heavy atom. The van der Waals surface area contributed by atoms with E-state index < -0.39 is 0 Å². The topological polar surface area (TPSA) is 16.4 Å². The van der Waals surface area contributed by atoms with Crippen molar-refractivity contribution in [2.24, 2.45) is 0 Å². The summed E-state index contributed by atoms with van der Waals surface area (Å²) < 4.78 is 6.45. The van der Waals surface area contributed by atoms with Gasteiger partial charge >= 0.3 is 0 Å². The van der Waals surface area contributed by atoms with Crippen molar-refractivity contribution in [2.45, 2.75) is 0 Å². The van der Waals surface area contributed by atoms with Gasteiger partial charge in [0.2, 0.25) is 0 Å². The molecule has 1 heterocycles. The molecule has 1 aromatic heterocycles. The van der Waals surface area contributed by atoms with Crippen LogP contribution in [0.1, 0.15) is 0 Å². The minimum Gasteiger partial charge on any atom is -0.456 e. The smallest absolute Gasteiger partial charge is 0.137 e. The van der Waals surface area contributed by atoms with Crippen molar-refractivity contribution in [1.29, 1.82) is 0 Å². The summed E-state index contributed by atoms with van der Waals surface area (Å²) in [4.78, 5) is 2.44. The van der Waals surface area contributed by atoms with E-state index in [1.807, 2.05) is 6.07 Å². The first-order valence-corrected chi connectivity index (χ1v) is 17.2. The van der Waals surface area contributed by atoms with Gasteiger partial charge in [0.25, 0.3) is 0 Å². The van der Waals surface area contributed by atoms with Gasteiger partial charge in [0.15, 0.2) is 0 Å². The molecule has 0 amide bonds. The molecule has 0 unspecified atom stereocenters. The zero-order valence-electron chi connectivity index (χ0n) is 27.1. The van der Waals surface area contributed by atoms with E-state index in [0.717, 1.165) is 44.6 Å². The molecule has 0 radical (unpaired) electrons. The number of furan rings is 1. The van der Waals surface area contributed by atoms with Crippen molar-refractivity contribution in [1.82, 2.24) is 0 Å². The van der Waals surface area contributed by atoms with E-state index in [4.69, 9.17) is 4.42 Å². The second kappa shape index (κ2) is 10.4. The van der Waals surface area contributed by atoms with E-state index >= 15 is 0 Å². The Kier molecular flexibility index (Phi) is 5.70. The van der Waals surface area contributed by atoms with E-state index in [1.165, 1.54) is 61.2 Å². The number of fused-ring (bicyclic) bond motifs is 7. The maximum Gasteiger partial charge on any atom is 0.137 e. The Labute approximate surface area is 290 Å². The van der Waals surface area contributed by atoms with E-state index in [-0.39, 0.29) is 0 Å². The lowest BCUT2D eigenvalue weighted by Crippen LogP contribution is -2.12. The summed E-state index contributed by atoms with van der Waals surface area (Å²) in [6.07, 6.45) is 0. The number of nitrogens with zero attached hydrogens (tertiary/aromatic N) is 1. The van der Waals surface area contributed by atoms with Gasteiger partial charge in [-0.3, -0.25) is 0 Å². The Hall–Kier alpha value is -6.64. The third-order valence-corrected chi connectivity index (χ3v) is 10.6. The van der Waals surface area contributed by atoms with Crippen LogP contribution < -0.4 is 4.90 Å². The molecule has 2 aliphatic rings. The van der Waals surface area contributed by atoms with Gasteiger partial charge in [-0.25, -0.2) is 0 Å². The normalized spacial score (nSPS) is 12.0. The van der Waals surface area contributed by atoms with Gasteiger partial charge in [-0.15, -0.1) is 0 Å². The van der Waals surface area contributed by atoms with Crippen molar-refractivity contribution >= 4 is 39.0 Å². The molecule has 6 bridgehead atoms. The quantitative estimate of drug-likeness (QED) is 0.191. The molecule has 11 rings (SSSR count). The first-order chi connectivity index (χ1) is 24.8. The SMILES string of the molecule is c1ccc(-c2ccccc2N(c2ccc3c(c2)-c2c4cccc2-c2cccc-3c2-c2ccccc2-4)c2cccc3oc4ccccc4c23)cc1. The first kappa shape index (κ1) is 27.3. The highest BCUT2D eigenvalue weighted by molar-refractivity contribution is 6.17. The fraction of sp³-hybridized carbons (Fsp3) is 0. The number of hydrogen-bond donors (Lipinski definition) is 0. The largest absolute Gasteiger partial charge is 0.456 e. The molecule has 2 aliphatic carbocycles. The van der Waals surface area contributed by atoms with Crippen LogP contribution in [0.2, 0.25) is 0 Å². The van der Waals surface area contributed by atoms with Gasteiger partial charge in [0, 0.05) is 16.6 Å². The Balaban J connectivity index is 1.24. The molecule has 0 aliphatic heterocycles. The minimum absolute atomic E-state index is 0.875. The maximum atomic E-state index is 6.45. The molecule has 0 saturated carbocycles. The lowest BCUT2D eigenvalue weighted by molar-refractivity contribution is 0.669. The van der Waals surface area contributed by atoms with E-state index in [1.54, 1.807) is 0 Å². The average molecular weight is 636 g/mol. The van der Waals surface area contributed by atoms with Crippen LogP contribution in [0.15, 0.2) is 180 Å². The van der Waals surface area contributed by atoms with Crippen molar-refractivity contribution < 1.29 is 4.42 Å². The van der Waals surface area contributed by atoms with E-state index in [9.17, 15) is 0 Å². The number of benzene rings is 8. The first-order valence-electron chi connectivity index (χ1n) is 17.2. The summed E-state index contributed by atoms with van der Waals surface area (Å²) >= 11 is 0. The van der Waals surface area contributed by atoms with Gasteiger partial charge in [-0.05, 0) is 97.6 Å². The monoisotopic (exact) mass is 635 g/mol. The highest BCUT2D eigenvalue weighted by Gasteiger charge is 2.31. The van der Waals surface area contributed by atoms with Crippen LogP contribution in [0.4, 0.5) is 17.1 Å². The summed E-state index contributed by atoms with van der Waals surface area (Å²) in [6.45, 7) is 0. The van der Waals surface area contributed by atoms with Crippen LogP contribution in [0.25, 0.3) is 88.7 Å². The Morgan fingerprint density at radius 1 is 0.340 bits per heavy atom. The summed E-state index contributed by atoms with van der Waals surface area (Å²) in [6, 6.07) is 63.9. The second-order valence-corrected chi connectivity index (χ2v) is 13.2. The van der Waals surface area contributed by atoms with Gasteiger partial charge < -0.3 is 9.32 Å². The molecular formula is C48H29NO. The highest BCUT2D eigenvalue weighted by Crippen LogP contribution is 2.58. The summed E-state index contributed by atoms with van der Waals surface area (Å²) in [5.41, 5.74) is 20.2. The lowest BCUT2D eigenvalue weighted by Gasteiger charge is -2.30. The molecule has 0 saturated heterocycles. The molecule has 9 aromatic rings. The highest BCUT2D eigenvalue weighted by atomic mass is 16.3. The summed E-state index contributed by atoms with van der Waals surface area (Å²) in [5, 5.41) is 2.21. The van der Waals surface area contributed by atoms with Crippen molar-refractivity contribution in [3.63, 3.8) is 0 Å². The van der Waals surface area contributed by atoms with Crippen LogP contribution in [-0.2, 0) is 0 Å². The molecule has 232 valence electrons. The Bertz CT molecular complexity index is 2800. The van der Waals surface area contributed by atoms with Crippen LogP contribution in [0.3, 0.4) is 0 Å². The molecule has 0 spiro atoms. The molecule has 50 heavy (non-hydrogen) atoms. The summed E-state index contributed by atoms with van der Waals surface area (Å²) in [5.74, 6) is 0. The molecule has 0 fully saturated rings. The van der Waals surface area contributed by atoms with Crippen molar-refractivity contribution in [3.8, 4) is 66.8 Å². The average Bonchev–Trinajstić information content (AvgIpc) is 3.52. The van der Waals surface area contributed by atoms with Gasteiger partial charge in [0.1, 0.15) is 11.2 Å². The third-order valence-electron chi connectivity index (χ3n) is 10.6. The fourth-order valence-electron chi connectivity index (χ4n) is 8.51. The standard InChI is InChI=1S/C48H29NO/c1-2-13-30(14-3-1)32-15-6-8-23-42(32)49(43-24-12-26-45-48(43)40-18-7-9-25-44(40)50-45)31-27-28-34-37-20-11-21-38-39-22-10-19-36(47(39)41(34)29-31)33-16-4-5-17-35(33)46(37)38/h1-29H. The lowest BCUT2D eigenvalue weighted by atomic mass is 9.83. The molecular weight excluding hydrogens is 607 g/mol. The van der Waals surface area contributed by atoms with Gasteiger partial charge in [-0.1, -0.05) is 140 Å². The number of hydrogen-bond acceptors (Lipinski definition) is 2. The number of para-hydroxylation sites is 2. The molecule has 2 nitrogen and oxygen atoms in total. The van der Waals surface area contributed by atoms with Crippen molar-refractivity contribution in [2.75, 3.05) is 4.90 Å². The zero-order chi connectivity index (χ0) is 32.8. The Morgan fingerprint density at radius 2 is 0.880 bits per heavy atom. The number of rotatable bonds is 4. The summed E-state index contributed by atoms with van der Waals surface area (Å²) in [7, 11) is 0. The van der Waals surface area contributed by atoms with E-state index in [0.29, 0.717) is 0 Å². The molecule has 0 N–H and O–H groups in total. The van der Waals surface area contributed by atoms with Gasteiger partial charge in [-0.2, -0.15) is 0 Å². The zero-order valence-corrected chi connectivity index (χ0v) is 27.1. The van der Waals surface area contributed by atoms with Crippen LogP contribution in [0.5, 0.6) is 0 Å². The van der Waals surface area contributed by atoms with Gasteiger partial charge in [0.05, 0.1) is 16.8 Å². The third kappa shape index (κ3) is 3.79. The van der Waals surface area contributed by atoms with Crippen LogP contribution in [-0.4, -0.2) is 0 Å². The predicted octanol–water partition coefficient (Wildman–Crippen LogP) is 13.7. The predicted molar refractivity (Wildman–Crippen MR) is 208 cm³/mol. The second-order valence-electron chi connectivity index (χ2n) is 13.2. The molecule has 0 atom stereocenters. The van der Waals surface area contributed by atoms with Crippen LogP contribution >= 0.6 is 0 Å². The van der Waals surface area contributed by atoms with E-state index in [2.05, 4.69) is 175 Å². The van der Waals surface area contributed by atoms with Crippen molar-refractivity contribution in [3.05, 3.63) is 176 Å². The maximum absolute atomic E-state index is 6.45.